The highest BCUT2D eigenvalue weighted by Gasteiger charge is 2.46. The summed E-state index contributed by atoms with van der Waals surface area (Å²) in [6.45, 7) is 4.10. The quantitative estimate of drug-likeness (QED) is 0.362. The number of hydrogen-bond donors (Lipinski definition) is 1. The average molecular weight is 525 g/mol. The van der Waals surface area contributed by atoms with Crippen LogP contribution in [0.4, 0.5) is 8.78 Å². The van der Waals surface area contributed by atoms with Gasteiger partial charge in [-0.15, -0.1) is 0 Å². The molecule has 0 spiro atoms. The first kappa shape index (κ1) is 26.7. The summed E-state index contributed by atoms with van der Waals surface area (Å²) >= 11 is 6.12. The van der Waals surface area contributed by atoms with Crippen molar-refractivity contribution in [2.45, 2.75) is 31.4 Å². The van der Waals surface area contributed by atoms with E-state index in [1.54, 1.807) is 19.9 Å². The van der Waals surface area contributed by atoms with E-state index in [-0.39, 0.29) is 12.0 Å². The Labute approximate surface area is 219 Å². The Hall–Kier alpha value is -3.31. The molecule has 0 aromatic heterocycles. The van der Waals surface area contributed by atoms with Crippen LogP contribution in [-0.4, -0.2) is 41.3 Å². The smallest absolute Gasteiger partial charge is 0.329 e. The third-order valence-corrected chi connectivity index (χ3v) is 7.10. The summed E-state index contributed by atoms with van der Waals surface area (Å²) in [6, 6.07) is 20.3. The van der Waals surface area contributed by atoms with Crippen LogP contribution in [0, 0.1) is 28.9 Å². The van der Waals surface area contributed by atoms with Gasteiger partial charge in [0.05, 0.1) is 23.3 Å². The number of carboxylic acids is 1. The van der Waals surface area contributed by atoms with Gasteiger partial charge in [-0.3, -0.25) is 4.90 Å². The van der Waals surface area contributed by atoms with Crippen LogP contribution in [0.2, 0.25) is 5.02 Å². The van der Waals surface area contributed by atoms with Crippen molar-refractivity contribution in [3.8, 4) is 6.07 Å². The fraction of sp³-hybridized carbons (Fsp3) is 0.310. The minimum atomic E-state index is -1.12. The summed E-state index contributed by atoms with van der Waals surface area (Å²) < 4.78 is 34.1. The highest BCUT2D eigenvalue weighted by Crippen LogP contribution is 2.45. The Balaban J connectivity index is 1.67. The van der Waals surface area contributed by atoms with Crippen LogP contribution in [0.3, 0.4) is 0 Å². The van der Waals surface area contributed by atoms with Gasteiger partial charge in [0.1, 0.15) is 18.2 Å². The molecule has 2 atom stereocenters. The Kier molecular flexibility index (Phi) is 7.93. The molecule has 1 fully saturated rings. The first-order valence-electron chi connectivity index (χ1n) is 11.9. The molecule has 5 nitrogen and oxygen atoms in total. The number of rotatable bonds is 9. The van der Waals surface area contributed by atoms with E-state index in [9.17, 15) is 23.9 Å². The van der Waals surface area contributed by atoms with Gasteiger partial charge in [0.15, 0.2) is 0 Å². The zero-order valence-corrected chi connectivity index (χ0v) is 21.3. The van der Waals surface area contributed by atoms with Crippen molar-refractivity contribution in [3.05, 3.63) is 106 Å². The predicted octanol–water partition coefficient (Wildman–Crippen LogP) is 6.17. The Morgan fingerprint density at radius 1 is 1.08 bits per heavy atom. The maximum atomic E-state index is 14.2. The molecule has 0 amide bonds. The summed E-state index contributed by atoms with van der Waals surface area (Å²) in [5.74, 6) is -3.05. The first-order chi connectivity index (χ1) is 17.6. The van der Waals surface area contributed by atoms with Crippen LogP contribution in [0.15, 0.2) is 66.7 Å². The molecule has 8 heteroatoms. The van der Waals surface area contributed by atoms with Crippen LogP contribution >= 0.6 is 11.6 Å². The number of carbonyl (C=O) groups is 1. The highest BCUT2D eigenvalue weighted by atomic mass is 35.5. The molecule has 192 valence electrons. The summed E-state index contributed by atoms with van der Waals surface area (Å²) in [5.41, 5.74) is 1.89. The van der Waals surface area contributed by atoms with Gasteiger partial charge < -0.3 is 9.84 Å². The van der Waals surface area contributed by atoms with Gasteiger partial charge in [0, 0.05) is 30.1 Å². The molecule has 1 unspecified atom stereocenters. The standard InChI is InChI=1S/C29H27ClF2N2O3/c1-29(2,37-17-26(35)36)27(21-11-24(31)13-25(32)12-21)22-15-34(16-22)28(19-6-8-23(30)9-7-19)20-5-3-4-18(10-20)14-33/h3-13,22,27-28H,15-17H2,1-2H3,(H,35,36)/t27-,28?/m1/s1. The van der Waals surface area contributed by atoms with Crippen LogP contribution < -0.4 is 0 Å². The zero-order chi connectivity index (χ0) is 26.7. The lowest BCUT2D eigenvalue weighted by Gasteiger charge is -2.51. The van der Waals surface area contributed by atoms with E-state index in [2.05, 4.69) is 11.0 Å². The van der Waals surface area contributed by atoms with Gasteiger partial charge in [-0.25, -0.2) is 13.6 Å². The topological polar surface area (TPSA) is 73.6 Å². The SMILES string of the molecule is CC(C)(OCC(=O)O)[C@H](c1cc(F)cc(F)c1)C1CN(C(c2ccc(Cl)cc2)c2cccc(C#N)c2)C1. The Bertz CT molecular complexity index is 1300. The van der Waals surface area contributed by atoms with Gasteiger partial charge in [0.25, 0.3) is 0 Å². The van der Waals surface area contributed by atoms with E-state index in [4.69, 9.17) is 16.3 Å². The average Bonchev–Trinajstić information content (AvgIpc) is 2.82. The largest absolute Gasteiger partial charge is 0.480 e. The van der Waals surface area contributed by atoms with Crippen molar-refractivity contribution >= 4 is 17.6 Å². The summed E-state index contributed by atoms with van der Waals surface area (Å²) in [4.78, 5) is 13.4. The van der Waals surface area contributed by atoms with E-state index in [1.807, 2.05) is 42.5 Å². The molecule has 3 aromatic carbocycles. The molecule has 1 heterocycles. The Morgan fingerprint density at radius 2 is 1.73 bits per heavy atom. The number of likely N-dealkylation sites (tertiary alicyclic amines) is 1. The van der Waals surface area contributed by atoms with Gasteiger partial charge >= 0.3 is 5.97 Å². The van der Waals surface area contributed by atoms with E-state index in [0.717, 1.165) is 17.2 Å². The van der Waals surface area contributed by atoms with E-state index in [1.165, 1.54) is 12.1 Å². The molecule has 1 aliphatic rings. The molecule has 1 aliphatic heterocycles. The van der Waals surface area contributed by atoms with E-state index >= 15 is 0 Å². The number of aliphatic carboxylic acids is 1. The lowest BCUT2D eigenvalue weighted by atomic mass is 9.71. The third-order valence-electron chi connectivity index (χ3n) is 6.85. The summed E-state index contributed by atoms with van der Waals surface area (Å²) in [5, 5.41) is 19.2. The maximum Gasteiger partial charge on any atom is 0.329 e. The fourth-order valence-electron chi connectivity index (χ4n) is 5.34. The molecule has 37 heavy (non-hydrogen) atoms. The second-order valence-electron chi connectivity index (χ2n) is 9.87. The molecule has 0 bridgehead atoms. The number of halogens is 3. The number of nitriles is 1. The second kappa shape index (κ2) is 11.0. The summed E-state index contributed by atoms with van der Waals surface area (Å²) in [7, 11) is 0. The maximum absolute atomic E-state index is 14.2. The van der Waals surface area contributed by atoms with Gasteiger partial charge in [-0.1, -0.05) is 35.9 Å². The molecule has 0 aliphatic carbocycles. The van der Waals surface area contributed by atoms with Crippen molar-refractivity contribution in [2.75, 3.05) is 19.7 Å². The number of benzene rings is 3. The van der Waals surface area contributed by atoms with Gasteiger partial charge in [-0.05, 0) is 72.9 Å². The molecule has 1 N–H and O–H groups in total. The third kappa shape index (κ3) is 6.16. The van der Waals surface area contributed by atoms with Crippen molar-refractivity contribution < 1.29 is 23.4 Å². The minimum absolute atomic E-state index is 0.0704. The normalized spacial score (nSPS) is 16.0. The number of ether oxygens (including phenoxy) is 1. The lowest BCUT2D eigenvalue weighted by molar-refractivity contribution is -0.151. The minimum Gasteiger partial charge on any atom is -0.480 e. The van der Waals surface area contributed by atoms with Crippen LogP contribution in [-0.2, 0) is 9.53 Å². The molecule has 3 aromatic rings. The van der Waals surface area contributed by atoms with Crippen molar-refractivity contribution in [1.82, 2.24) is 4.90 Å². The fourth-order valence-corrected chi connectivity index (χ4v) is 5.47. The van der Waals surface area contributed by atoms with Crippen LogP contribution in [0.1, 0.15) is 48.1 Å². The highest BCUT2D eigenvalue weighted by molar-refractivity contribution is 6.30. The first-order valence-corrected chi connectivity index (χ1v) is 12.3. The Morgan fingerprint density at radius 3 is 2.32 bits per heavy atom. The van der Waals surface area contributed by atoms with Crippen molar-refractivity contribution in [2.24, 2.45) is 5.92 Å². The predicted molar refractivity (Wildman–Crippen MR) is 136 cm³/mol. The monoisotopic (exact) mass is 524 g/mol. The van der Waals surface area contributed by atoms with E-state index < -0.39 is 35.7 Å². The van der Waals surface area contributed by atoms with Crippen molar-refractivity contribution in [1.29, 1.82) is 5.26 Å². The second-order valence-corrected chi connectivity index (χ2v) is 10.3. The molecular weight excluding hydrogens is 498 g/mol. The molecule has 1 saturated heterocycles. The zero-order valence-electron chi connectivity index (χ0n) is 20.5. The molecular formula is C29H27ClF2N2O3. The summed E-state index contributed by atoms with van der Waals surface area (Å²) in [6.07, 6.45) is 0. The van der Waals surface area contributed by atoms with Gasteiger partial charge in [-0.2, -0.15) is 5.26 Å². The van der Waals surface area contributed by atoms with Crippen molar-refractivity contribution in [3.63, 3.8) is 0 Å². The number of hydrogen-bond acceptors (Lipinski definition) is 4. The van der Waals surface area contributed by atoms with Crippen LogP contribution in [0.5, 0.6) is 0 Å². The number of nitrogens with zero attached hydrogens (tertiary/aromatic N) is 2. The van der Waals surface area contributed by atoms with E-state index in [0.29, 0.717) is 29.2 Å². The van der Waals surface area contributed by atoms with Gasteiger partial charge in [0.2, 0.25) is 0 Å². The van der Waals surface area contributed by atoms with Crippen LogP contribution in [0.25, 0.3) is 0 Å². The lowest BCUT2D eigenvalue weighted by Crippen LogP contribution is -2.55. The molecule has 4 rings (SSSR count). The number of carboxylic acid groups (broad SMARTS) is 1. The molecule has 0 saturated carbocycles. The molecule has 0 radical (unpaired) electrons.